The molecule has 1 rings (SSSR count). The zero-order valence-corrected chi connectivity index (χ0v) is 14.3. The van der Waals surface area contributed by atoms with E-state index >= 15 is 0 Å². The molecule has 5 heteroatoms. The Morgan fingerprint density at radius 3 is 1.75 bits per heavy atom. The van der Waals surface area contributed by atoms with Gasteiger partial charge >= 0.3 is 0 Å². The van der Waals surface area contributed by atoms with E-state index in [4.69, 9.17) is 0 Å². The van der Waals surface area contributed by atoms with Gasteiger partial charge in [0, 0.05) is 12.8 Å². The lowest BCUT2D eigenvalue weighted by atomic mass is 9.73. The maximum absolute atomic E-state index is 12.4. The third-order valence-corrected chi connectivity index (χ3v) is 4.80. The first-order valence-electron chi connectivity index (χ1n) is 7.53. The van der Waals surface area contributed by atoms with Gasteiger partial charge < -0.3 is 0 Å². The SMILES string of the molecule is CCN(CC)C(C)N1C(=O)CC(CC)(CC)CC1=O.Cl. The molecule has 0 bridgehead atoms. The van der Waals surface area contributed by atoms with Crippen LogP contribution in [0.4, 0.5) is 0 Å². The van der Waals surface area contributed by atoms with E-state index in [2.05, 4.69) is 32.6 Å². The molecule has 20 heavy (non-hydrogen) atoms. The Morgan fingerprint density at radius 1 is 1.05 bits per heavy atom. The van der Waals surface area contributed by atoms with Crippen LogP contribution in [0.5, 0.6) is 0 Å². The molecule has 1 atom stereocenters. The quantitative estimate of drug-likeness (QED) is 0.708. The molecule has 0 radical (unpaired) electrons. The fourth-order valence-corrected chi connectivity index (χ4v) is 3.10. The molecule has 1 heterocycles. The van der Waals surface area contributed by atoms with Gasteiger partial charge in [0.1, 0.15) is 0 Å². The first-order valence-corrected chi connectivity index (χ1v) is 7.53. The minimum Gasteiger partial charge on any atom is -0.284 e. The van der Waals surface area contributed by atoms with Gasteiger partial charge in [-0.25, -0.2) is 0 Å². The summed E-state index contributed by atoms with van der Waals surface area (Å²) in [6.45, 7) is 11.9. The van der Waals surface area contributed by atoms with Gasteiger partial charge in [0.25, 0.3) is 0 Å². The number of carbonyl (C=O) groups excluding carboxylic acids is 2. The van der Waals surface area contributed by atoms with Crippen molar-refractivity contribution in [3.05, 3.63) is 0 Å². The summed E-state index contributed by atoms with van der Waals surface area (Å²) in [5.74, 6) is -0.00120. The Kier molecular flexibility index (Phi) is 7.74. The lowest BCUT2D eigenvalue weighted by Gasteiger charge is -2.43. The summed E-state index contributed by atoms with van der Waals surface area (Å²) in [5.41, 5.74) is -0.104. The molecule has 1 saturated heterocycles. The van der Waals surface area contributed by atoms with Crippen LogP contribution in [0.2, 0.25) is 0 Å². The second kappa shape index (κ2) is 7.99. The summed E-state index contributed by atoms with van der Waals surface area (Å²) in [7, 11) is 0. The lowest BCUT2D eigenvalue weighted by Crippen LogP contribution is -2.56. The monoisotopic (exact) mass is 304 g/mol. The predicted octanol–water partition coefficient (Wildman–Crippen LogP) is 3.05. The van der Waals surface area contributed by atoms with Crippen molar-refractivity contribution in [3.8, 4) is 0 Å². The van der Waals surface area contributed by atoms with Gasteiger partial charge in [-0.2, -0.15) is 0 Å². The number of piperidine rings is 1. The zero-order valence-electron chi connectivity index (χ0n) is 13.4. The Balaban J connectivity index is 0.00000361. The molecule has 1 fully saturated rings. The molecule has 0 N–H and O–H groups in total. The summed E-state index contributed by atoms with van der Waals surface area (Å²) in [4.78, 5) is 28.4. The fraction of sp³-hybridized carbons (Fsp3) is 0.867. The molecule has 0 saturated carbocycles. The van der Waals surface area contributed by atoms with E-state index in [0.717, 1.165) is 25.9 Å². The Bertz CT molecular complexity index is 319. The minimum absolute atomic E-state index is 0. The van der Waals surface area contributed by atoms with Crippen LogP contribution in [0, 0.1) is 5.41 Å². The van der Waals surface area contributed by atoms with Crippen LogP contribution in [0.1, 0.15) is 60.3 Å². The molecule has 0 spiro atoms. The third kappa shape index (κ3) is 3.73. The number of halogens is 1. The van der Waals surface area contributed by atoms with Crippen molar-refractivity contribution in [3.63, 3.8) is 0 Å². The van der Waals surface area contributed by atoms with Gasteiger partial charge in [-0.15, -0.1) is 12.4 Å². The van der Waals surface area contributed by atoms with Crippen LogP contribution < -0.4 is 0 Å². The molecule has 0 aromatic rings. The molecule has 0 aliphatic carbocycles. The van der Waals surface area contributed by atoms with Gasteiger partial charge in [0.05, 0.1) is 6.17 Å². The molecular weight excluding hydrogens is 276 g/mol. The van der Waals surface area contributed by atoms with E-state index in [1.165, 1.54) is 4.90 Å². The number of rotatable bonds is 6. The summed E-state index contributed by atoms with van der Waals surface area (Å²) in [5, 5.41) is 0. The Labute approximate surface area is 129 Å². The van der Waals surface area contributed by atoms with E-state index in [0.29, 0.717) is 12.8 Å². The van der Waals surface area contributed by atoms with Crippen molar-refractivity contribution in [2.75, 3.05) is 13.1 Å². The number of nitrogens with zero attached hydrogens (tertiary/aromatic N) is 2. The van der Waals surface area contributed by atoms with Crippen molar-refractivity contribution in [1.82, 2.24) is 9.80 Å². The van der Waals surface area contributed by atoms with Crippen molar-refractivity contribution in [2.24, 2.45) is 5.41 Å². The minimum atomic E-state index is -0.123. The van der Waals surface area contributed by atoms with Crippen LogP contribution >= 0.6 is 12.4 Å². The zero-order chi connectivity index (χ0) is 14.6. The molecule has 2 amide bonds. The summed E-state index contributed by atoms with van der Waals surface area (Å²) in [6.07, 6.45) is 2.69. The van der Waals surface area contributed by atoms with E-state index in [-0.39, 0.29) is 35.8 Å². The number of imide groups is 1. The van der Waals surface area contributed by atoms with Crippen molar-refractivity contribution < 1.29 is 9.59 Å². The van der Waals surface area contributed by atoms with Crippen LogP contribution in [-0.4, -0.2) is 40.9 Å². The molecule has 1 aliphatic rings. The molecule has 1 aliphatic heterocycles. The highest BCUT2D eigenvalue weighted by Crippen LogP contribution is 2.39. The highest BCUT2D eigenvalue weighted by atomic mass is 35.5. The molecule has 1 unspecified atom stereocenters. The van der Waals surface area contributed by atoms with Gasteiger partial charge in [-0.3, -0.25) is 19.4 Å². The van der Waals surface area contributed by atoms with Gasteiger partial charge in [0.15, 0.2) is 0 Å². The average molecular weight is 305 g/mol. The number of likely N-dealkylation sites (tertiary alicyclic amines) is 1. The standard InChI is InChI=1S/C15H28N2O2.ClH/c1-6-15(7-2)10-13(18)17(14(19)11-15)12(5)16(8-3)9-4;/h12H,6-11H2,1-5H3;1H. The van der Waals surface area contributed by atoms with Crippen molar-refractivity contribution in [2.45, 2.75) is 66.5 Å². The van der Waals surface area contributed by atoms with Gasteiger partial charge in [0.2, 0.25) is 11.8 Å². The van der Waals surface area contributed by atoms with Crippen molar-refractivity contribution >= 4 is 24.2 Å². The first-order chi connectivity index (χ1) is 8.94. The first kappa shape index (κ1) is 19.4. The summed E-state index contributed by atoms with van der Waals surface area (Å²) >= 11 is 0. The predicted molar refractivity (Wildman–Crippen MR) is 83.7 cm³/mol. The molecular formula is C15H29ClN2O2. The normalized spacial score (nSPS) is 20.0. The number of amides is 2. The van der Waals surface area contributed by atoms with Gasteiger partial charge in [-0.05, 0) is 38.3 Å². The summed E-state index contributed by atoms with van der Waals surface area (Å²) < 4.78 is 0. The van der Waals surface area contributed by atoms with Crippen molar-refractivity contribution in [1.29, 1.82) is 0 Å². The number of hydrogen-bond acceptors (Lipinski definition) is 3. The smallest absolute Gasteiger partial charge is 0.231 e. The molecule has 118 valence electrons. The number of hydrogen-bond donors (Lipinski definition) is 0. The fourth-order valence-electron chi connectivity index (χ4n) is 3.10. The topological polar surface area (TPSA) is 40.6 Å². The van der Waals surface area contributed by atoms with E-state index in [9.17, 15) is 9.59 Å². The Morgan fingerprint density at radius 2 is 1.45 bits per heavy atom. The summed E-state index contributed by atoms with van der Waals surface area (Å²) in [6, 6.07) is 0. The highest BCUT2D eigenvalue weighted by Gasteiger charge is 2.43. The van der Waals surface area contributed by atoms with Crippen LogP contribution in [0.25, 0.3) is 0 Å². The van der Waals surface area contributed by atoms with Crippen LogP contribution in [-0.2, 0) is 9.59 Å². The largest absolute Gasteiger partial charge is 0.284 e. The Hall–Kier alpha value is -0.610. The molecule has 4 nitrogen and oxygen atoms in total. The highest BCUT2D eigenvalue weighted by molar-refractivity contribution is 5.98. The maximum Gasteiger partial charge on any atom is 0.231 e. The number of carbonyl (C=O) groups is 2. The second-order valence-corrected chi connectivity index (χ2v) is 5.57. The van der Waals surface area contributed by atoms with Gasteiger partial charge in [-0.1, -0.05) is 27.7 Å². The van der Waals surface area contributed by atoms with E-state index in [1.807, 2.05) is 6.92 Å². The molecule has 0 aromatic heterocycles. The lowest BCUT2D eigenvalue weighted by molar-refractivity contribution is -0.161. The third-order valence-electron chi connectivity index (χ3n) is 4.80. The maximum atomic E-state index is 12.4. The average Bonchev–Trinajstić information content (AvgIpc) is 2.39. The van der Waals surface area contributed by atoms with E-state index < -0.39 is 0 Å². The molecule has 0 aromatic carbocycles. The van der Waals surface area contributed by atoms with E-state index in [1.54, 1.807) is 0 Å². The second-order valence-electron chi connectivity index (χ2n) is 5.57. The van der Waals surface area contributed by atoms with Crippen LogP contribution in [0.3, 0.4) is 0 Å². The van der Waals surface area contributed by atoms with Crippen LogP contribution in [0.15, 0.2) is 0 Å².